The number of benzene rings is 1. The van der Waals surface area contributed by atoms with Gasteiger partial charge in [-0.1, -0.05) is 0 Å². The Labute approximate surface area is 166 Å². The van der Waals surface area contributed by atoms with E-state index in [-0.39, 0.29) is 23.8 Å². The first-order valence-corrected chi connectivity index (χ1v) is 10.1. The number of hydrogen-bond donors (Lipinski definition) is 3. The number of anilines is 1. The molecule has 2 aliphatic heterocycles. The van der Waals surface area contributed by atoms with Crippen molar-refractivity contribution in [2.75, 3.05) is 57.3 Å². The van der Waals surface area contributed by atoms with E-state index < -0.39 is 0 Å². The molecule has 0 aliphatic carbocycles. The first kappa shape index (κ1) is 20.3. The SMILES string of the molecule is CCOC(=O)N1CCC(NC(=O)C[NH+]2CCN(c3ccc(O)cc3)CC2)CC1. The van der Waals surface area contributed by atoms with Crippen LogP contribution in [-0.4, -0.2) is 80.5 Å². The van der Waals surface area contributed by atoms with Gasteiger partial charge in [-0.25, -0.2) is 4.79 Å². The predicted molar refractivity (Wildman–Crippen MR) is 106 cm³/mol. The summed E-state index contributed by atoms with van der Waals surface area (Å²) in [6, 6.07) is 7.39. The molecule has 3 N–H and O–H groups in total. The van der Waals surface area contributed by atoms with Crippen molar-refractivity contribution in [1.29, 1.82) is 0 Å². The predicted octanol–water partition coefficient (Wildman–Crippen LogP) is -0.166. The van der Waals surface area contributed by atoms with Gasteiger partial charge in [-0.2, -0.15) is 0 Å². The molecule has 0 aromatic heterocycles. The normalized spacial score (nSPS) is 18.8. The molecule has 0 unspecified atom stereocenters. The number of phenolic OH excluding ortho intramolecular Hbond substituents is 1. The van der Waals surface area contributed by atoms with Crippen LogP contribution in [0.5, 0.6) is 5.75 Å². The third-order valence-corrected chi connectivity index (χ3v) is 5.48. The molecule has 0 saturated carbocycles. The van der Waals surface area contributed by atoms with Crippen molar-refractivity contribution in [2.24, 2.45) is 0 Å². The van der Waals surface area contributed by atoms with Crippen molar-refractivity contribution >= 4 is 17.7 Å². The number of quaternary nitrogens is 1. The van der Waals surface area contributed by atoms with Gasteiger partial charge in [0.25, 0.3) is 5.91 Å². The Morgan fingerprint density at radius 2 is 1.79 bits per heavy atom. The molecule has 2 fully saturated rings. The maximum absolute atomic E-state index is 12.4. The second kappa shape index (κ2) is 9.64. The van der Waals surface area contributed by atoms with Gasteiger partial charge in [0, 0.05) is 24.8 Å². The molecule has 3 rings (SSSR count). The number of carbonyl (C=O) groups is 2. The highest BCUT2D eigenvalue weighted by atomic mass is 16.6. The van der Waals surface area contributed by atoms with Gasteiger partial charge in [-0.15, -0.1) is 0 Å². The van der Waals surface area contributed by atoms with Crippen LogP contribution in [0.1, 0.15) is 19.8 Å². The summed E-state index contributed by atoms with van der Waals surface area (Å²) in [6.07, 6.45) is 1.28. The Kier molecular flexibility index (Phi) is 6.97. The number of nitrogens with zero attached hydrogens (tertiary/aromatic N) is 2. The van der Waals surface area contributed by atoms with Crippen molar-refractivity contribution in [3.63, 3.8) is 0 Å². The first-order chi connectivity index (χ1) is 13.5. The highest BCUT2D eigenvalue weighted by Crippen LogP contribution is 2.18. The third-order valence-electron chi connectivity index (χ3n) is 5.48. The summed E-state index contributed by atoms with van der Waals surface area (Å²) in [6.45, 7) is 7.54. The molecule has 154 valence electrons. The van der Waals surface area contributed by atoms with Crippen LogP contribution in [-0.2, 0) is 9.53 Å². The van der Waals surface area contributed by atoms with Crippen molar-refractivity contribution in [1.82, 2.24) is 10.2 Å². The quantitative estimate of drug-likeness (QED) is 0.649. The Morgan fingerprint density at radius 1 is 1.14 bits per heavy atom. The van der Waals surface area contributed by atoms with Crippen molar-refractivity contribution in [3.8, 4) is 5.75 Å². The molecular formula is C20H31N4O4+. The lowest BCUT2D eigenvalue weighted by atomic mass is 10.1. The Bertz CT molecular complexity index is 651. The van der Waals surface area contributed by atoms with Gasteiger partial charge in [-0.3, -0.25) is 4.79 Å². The minimum atomic E-state index is -0.261. The Hall–Kier alpha value is -2.48. The van der Waals surface area contributed by atoms with Crippen LogP contribution in [0.25, 0.3) is 0 Å². The lowest BCUT2D eigenvalue weighted by Gasteiger charge is -2.34. The molecule has 0 spiro atoms. The van der Waals surface area contributed by atoms with Gasteiger partial charge >= 0.3 is 6.09 Å². The number of hydrogen-bond acceptors (Lipinski definition) is 5. The average molecular weight is 391 g/mol. The second-order valence-electron chi connectivity index (χ2n) is 7.46. The van der Waals surface area contributed by atoms with Crippen LogP contribution in [0.4, 0.5) is 10.5 Å². The number of phenols is 1. The Morgan fingerprint density at radius 3 is 2.39 bits per heavy atom. The molecule has 2 aliphatic rings. The van der Waals surface area contributed by atoms with Crippen molar-refractivity contribution in [3.05, 3.63) is 24.3 Å². The number of likely N-dealkylation sites (tertiary alicyclic amines) is 1. The largest absolute Gasteiger partial charge is 0.508 e. The summed E-state index contributed by atoms with van der Waals surface area (Å²) < 4.78 is 5.02. The molecule has 0 atom stereocenters. The van der Waals surface area contributed by atoms with Crippen molar-refractivity contribution < 1.29 is 24.3 Å². The fourth-order valence-electron chi connectivity index (χ4n) is 3.85. The number of aromatic hydroxyl groups is 1. The van der Waals surface area contributed by atoms with E-state index in [2.05, 4.69) is 10.2 Å². The molecule has 2 amide bonds. The minimum absolute atomic E-state index is 0.0858. The number of rotatable bonds is 5. The minimum Gasteiger partial charge on any atom is -0.508 e. The van der Waals surface area contributed by atoms with Gasteiger partial charge in [-0.05, 0) is 44.0 Å². The first-order valence-electron chi connectivity index (χ1n) is 10.1. The van der Waals surface area contributed by atoms with E-state index >= 15 is 0 Å². The zero-order chi connectivity index (χ0) is 19.9. The van der Waals surface area contributed by atoms with Gasteiger partial charge < -0.3 is 29.9 Å². The van der Waals surface area contributed by atoms with E-state index in [1.807, 2.05) is 12.1 Å². The number of amides is 2. The molecule has 28 heavy (non-hydrogen) atoms. The zero-order valence-corrected chi connectivity index (χ0v) is 16.5. The fourth-order valence-corrected chi connectivity index (χ4v) is 3.85. The van der Waals surface area contributed by atoms with Crippen molar-refractivity contribution in [2.45, 2.75) is 25.8 Å². The van der Waals surface area contributed by atoms with Crippen LogP contribution in [0.15, 0.2) is 24.3 Å². The Balaban J connectivity index is 1.36. The van der Waals surface area contributed by atoms with Crippen LogP contribution >= 0.6 is 0 Å². The molecule has 8 nitrogen and oxygen atoms in total. The summed E-state index contributed by atoms with van der Waals surface area (Å²) in [7, 11) is 0. The second-order valence-corrected chi connectivity index (χ2v) is 7.46. The smallest absolute Gasteiger partial charge is 0.409 e. The average Bonchev–Trinajstić information content (AvgIpc) is 2.70. The summed E-state index contributed by atoms with van der Waals surface area (Å²) in [5, 5.41) is 12.5. The molecule has 8 heteroatoms. The van der Waals surface area contributed by atoms with E-state index in [1.54, 1.807) is 24.0 Å². The molecule has 1 aromatic rings. The van der Waals surface area contributed by atoms with Gasteiger partial charge in [0.2, 0.25) is 0 Å². The molecule has 2 saturated heterocycles. The number of piperazine rings is 1. The van der Waals surface area contributed by atoms with Crippen LogP contribution in [0.3, 0.4) is 0 Å². The summed E-state index contributed by atoms with van der Waals surface area (Å²) >= 11 is 0. The maximum atomic E-state index is 12.4. The topological polar surface area (TPSA) is 86.5 Å². The van der Waals surface area contributed by atoms with E-state index in [9.17, 15) is 14.7 Å². The highest BCUT2D eigenvalue weighted by molar-refractivity contribution is 5.77. The van der Waals surface area contributed by atoms with E-state index in [0.717, 1.165) is 44.7 Å². The van der Waals surface area contributed by atoms with Crippen LogP contribution in [0, 0.1) is 0 Å². The maximum Gasteiger partial charge on any atom is 0.409 e. The molecule has 2 heterocycles. The summed E-state index contributed by atoms with van der Waals surface area (Å²) in [4.78, 5) is 29.4. The molecule has 0 radical (unpaired) electrons. The highest BCUT2D eigenvalue weighted by Gasteiger charge is 2.27. The number of piperidine rings is 1. The van der Waals surface area contributed by atoms with E-state index in [0.29, 0.717) is 26.2 Å². The standard InChI is InChI=1S/C20H30N4O4/c1-2-28-20(27)24-9-7-16(8-10-24)21-19(26)15-22-11-13-23(14-12-22)17-3-5-18(25)6-4-17/h3-6,16,25H,2,7-15H2,1H3,(H,21,26)/p+1. The molecular weight excluding hydrogens is 360 g/mol. The van der Waals surface area contributed by atoms with Crippen LogP contribution < -0.4 is 15.1 Å². The van der Waals surface area contributed by atoms with Crippen LogP contribution in [0.2, 0.25) is 0 Å². The van der Waals surface area contributed by atoms with E-state index in [1.165, 1.54) is 4.90 Å². The summed E-state index contributed by atoms with van der Waals surface area (Å²) in [5.74, 6) is 0.362. The van der Waals surface area contributed by atoms with E-state index in [4.69, 9.17) is 4.74 Å². The zero-order valence-electron chi connectivity index (χ0n) is 16.5. The van der Waals surface area contributed by atoms with Gasteiger partial charge in [0.1, 0.15) is 5.75 Å². The number of carbonyl (C=O) groups excluding carboxylic acids is 2. The monoisotopic (exact) mass is 391 g/mol. The fraction of sp³-hybridized carbons (Fsp3) is 0.600. The number of ether oxygens (including phenoxy) is 1. The number of nitrogens with one attached hydrogen (secondary N) is 2. The molecule has 0 bridgehead atoms. The lowest BCUT2D eigenvalue weighted by Crippen LogP contribution is -3.16. The third kappa shape index (κ3) is 5.51. The van der Waals surface area contributed by atoms with Gasteiger partial charge in [0.15, 0.2) is 6.54 Å². The van der Waals surface area contributed by atoms with Gasteiger partial charge in [0.05, 0.1) is 32.8 Å². The summed E-state index contributed by atoms with van der Waals surface area (Å²) in [5.41, 5.74) is 1.11. The molecule has 1 aromatic carbocycles. The lowest BCUT2D eigenvalue weighted by molar-refractivity contribution is -0.892.